The average Bonchev–Trinajstić information content (AvgIpc) is 2.52. The summed E-state index contributed by atoms with van der Waals surface area (Å²) in [6.45, 7) is -3.04. The molecule has 0 fully saturated rings. The molecule has 180 valence electrons. The van der Waals surface area contributed by atoms with E-state index in [2.05, 4.69) is 9.47 Å². The van der Waals surface area contributed by atoms with E-state index in [1.807, 2.05) is 0 Å². The molecule has 3 atom stereocenters. The van der Waals surface area contributed by atoms with Crippen LogP contribution in [0.15, 0.2) is 0 Å². The Morgan fingerprint density at radius 2 is 1.57 bits per heavy atom. The Labute approximate surface area is 164 Å². The second kappa shape index (κ2) is 9.86. The molecule has 0 aliphatic heterocycles. The molecule has 0 rings (SSSR count). The highest BCUT2D eigenvalue weighted by molar-refractivity contribution is 7.91. The zero-order chi connectivity index (χ0) is 24.2. The molecule has 0 aliphatic carbocycles. The predicted octanol–water partition coefficient (Wildman–Crippen LogP) is 1.92. The third kappa shape index (κ3) is 8.07. The van der Waals surface area contributed by atoms with Gasteiger partial charge in [-0.15, -0.1) is 0 Å². The highest BCUT2D eigenvalue weighted by Crippen LogP contribution is 2.47. The molecule has 7 nitrogen and oxygen atoms in total. The Hall–Kier alpha value is -1.33. The topological polar surface area (TPSA) is 102 Å². The van der Waals surface area contributed by atoms with Crippen molar-refractivity contribution in [2.45, 2.75) is 43.2 Å². The molecule has 0 aromatic rings. The zero-order valence-corrected chi connectivity index (χ0v) is 16.1. The number of carboxylic acids is 1. The quantitative estimate of drug-likeness (QED) is 0.406. The molecule has 17 heteroatoms. The molecule has 0 aliphatic rings. The van der Waals surface area contributed by atoms with Gasteiger partial charge in [0.2, 0.25) is 0 Å². The largest absolute Gasteiger partial charge is 0.480 e. The Bertz CT molecular complexity index is 678. The van der Waals surface area contributed by atoms with Crippen LogP contribution in [0.5, 0.6) is 0 Å². The summed E-state index contributed by atoms with van der Waals surface area (Å²) in [4.78, 5) is 11.1. The number of hydrogen-bond acceptors (Lipinski definition) is 6. The summed E-state index contributed by atoms with van der Waals surface area (Å²) in [5.74, 6) is -4.03. The Morgan fingerprint density at radius 1 is 1.07 bits per heavy atom. The predicted molar refractivity (Wildman–Crippen MR) is 81.4 cm³/mol. The van der Waals surface area contributed by atoms with Crippen molar-refractivity contribution in [3.05, 3.63) is 0 Å². The van der Waals surface area contributed by atoms with Crippen molar-refractivity contribution in [1.29, 1.82) is 0 Å². The average molecular weight is 487 g/mol. The van der Waals surface area contributed by atoms with Crippen molar-refractivity contribution in [2.75, 3.05) is 31.8 Å². The first kappa shape index (κ1) is 28.7. The number of hydrogen-bond donors (Lipinski definition) is 2. The summed E-state index contributed by atoms with van der Waals surface area (Å²) < 4.78 is 147. The van der Waals surface area contributed by atoms with Gasteiger partial charge in [0.25, 0.3) is 5.67 Å². The van der Waals surface area contributed by atoms with Crippen molar-refractivity contribution in [3.8, 4) is 0 Å². The highest BCUT2D eigenvalue weighted by Gasteiger charge is 2.70. The normalized spacial score (nSPS) is 18.0. The summed E-state index contributed by atoms with van der Waals surface area (Å²) in [5.41, 5.74) is -5.51. The van der Waals surface area contributed by atoms with Gasteiger partial charge in [0.1, 0.15) is 6.04 Å². The Balaban J connectivity index is 5.52. The van der Waals surface area contributed by atoms with Crippen LogP contribution in [0.1, 0.15) is 6.92 Å². The molecular weight excluding hydrogens is 469 g/mol. The standard InChI is InChI=1S/C13H18F9NO6S/c1-10(14,12(18,19)20)13(21,22)29-8(11(15,16)17)5-23-7(9(24)25)6-30(26,27)4-3-28-2/h7-8,23H,3-6H2,1-2H3,(H,24,25). The number of carbonyl (C=O) groups is 1. The fourth-order valence-corrected chi connectivity index (χ4v) is 3.05. The van der Waals surface area contributed by atoms with E-state index in [4.69, 9.17) is 5.11 Å². The first-order chi connectivity index (χ1) is 13.2. The molecule has 30 heavy (non-hydrogen) atoms. The van der Waals surface area contributed by atoms with Gasteiger partial charge in [-0.3, -0.25) is 4.79 Å². The van der Waals surface area contributed by atoms with Crippen LogP contribution in [0.3, 0.4) is 0 Å². The highest BCUT2D eigenvalue weighted by atomic mass is 32.2. The molecule has 0 aromatic carbocycles. The lowest BCUT2D eigenvalue weighted by Crippen LogP contribution is -2.59. The number of rotatable bonds is 12. The minimum absolute atomic E-state index is 0.387. The number of sulfone groups is 1. The van der Waals surface area contributed by atoms with Crippen molar-refractivity contribution < 1.29 is 67.3 Å². The van der Waals surface area contributed by atoms with Gasteiger partial charge >= 0.3 is 24.4 Å². The van der Waals surface area contributed by atoms with Crippen LogP contribution in [-0.4, -0.2) is 87.5 Å². The second-order valence-corrected chi connectivity index (χ2v) is 8.30. The van der Waals surface area contributed by atoms with Gasteiger partial charge in [0.05, 0.1) is 18.1 Å². The molecule has 0 heterocycles. The summed E-state index contributed by atoms with van der Waals surface area (Å²) in [6, 6.07) is -2.27. The van der Waals surface area contributed by atoms with E-state index < -0.39 is 77.1 Å². The smallest absolute Gasteiger partial charge is 0.430 e. The van der Waals surface area contributed by atoms with E-state index in [0.29, 0.717) is 0 Å². The Kier molecular flexibility index (Phi) is 9.43. The second-order valence-electron chi connectivity index (χ2n) is 6.07. The molecule has 0 saturated heterocycles. The molecule has 3 unspecified atom stereocenters. The molecule has 0 bridgehead atoms. The monoisotopic (exact) mass is 487 g/mol. The van der Waals surface area contributed by atoms with Crippen LogP contribution >= 0.6 is 0 Å². The van der Waals surface area contributed by atoms with Gasteiger partial charge < -0.3 is 19.9 Å². The minimum atomic E-state index is -6.31. The van der Waals surface area contributed by atoms with Crippen LogP contribution in [-0.2, 0) is 24.1 Å². The third-order valence-electron chi connectivity index (χ3n) is 3.60. The van der Waals surface area contributed by atoms with Crippen LogP contribution in [0.2, 0.25) is 0 Å². The number of ether oxygens (including phenoxy) is 2. The van der Waals surface area contributed by atoms with Gasteiger partial charge in [0, 0.05) is 13.7 Å². The van der Waals surface area contributed by atoms with E-state index in [1.54, 1.807) is 0 Å². The third-order valence-corrected chi connectivity index (χ3v) is 5.23. The Morgan fingerprint density at radius 3 is 1.93 bits per heavy atom. The molecule has 0 spiro atoms. The van der Waals surface area contributed by atoms with Gasteiger partial charge in [-0.25, -0.2) is 12.8 Å². The van der Waals surface area contributed by atoms with E-state index in [9.17, 15) is 52.7 Å². The fourth-order valence-electron chi connectivity index (χ4n) is 1.69. The molecular formula is C13H18F9NO6S. The first-order valence-corrected chi connectivity index (χ1v) is 9.53. The van der Waals surface area contributed by atoms with Crippen LogP contribution in [0, 0.1) is 0 Å². The van der Waals surface area contributed by atoms with Crippen molar-refractivity contribution in [3.63, 3.8) is 0 Å². The summed E-state index contributed by atoms with van der Waals surface area (Å²) in [6.07, 6.45) is -21.9. The van der Waals surface area contributed by atoms with Gasteiger partial charge in [-0.2, -0.15) is 35.1 Å². The number of nitrogens with one attached hydrogen (secondary N) is 1. The van der Waals surface area contributed by atoms with Crippen molar-refractivity contribution in [1.82, 2.24) is 5.32 Å². The van der Waals surface area contributed by atoms with Gasteiger partial charge in [0.15, 0.2) is 15.9 Å². The van der Waals surface area contributed by atoms with Gasteiger partial charge in [-0.1, -0.05) is 0 Å². The van der Waals surface area contributed by atoms with E-state index in [1.165, 1.54) is 5.32 Å². The van der Waals surface area contributed by atoms with Crippen molar-refractivity contribution in [2.24, 2.45) is 0 Å². The lowest BCUT2D eigenvalue weighted by molar-refractivity contribution is -0.406. The summed E-state index contributed by atoms with van der Waals surface area (Å²) in [7, 11) is -3.09. The molecule has 0 saturated carbocycles. The van der Waals surface area contributed by atoms with Gasteiger partial charge in [-0.05, 0) is 6.92 Å². The lowest BCUT2D eigenvalue weighted by atomic mass is 10.1. The van der Waals surface area contributed by atoms with E-state index >= 15 is 0 Å². The number of methoxy groups -OCH3 is 1. The SMILES string of the molecule is COCCS(=O)(=O)CC(NCC(OC(F)(F)C(C)(F)C(F)(F)F)C(F)(F)F)C(=O)O. The maximum Gasteiger partial charge on any atom is 0.430 e. The number of halogens is 9. The lowest BCUT2D eigenvalue weighted by Gasteiger charge is -2.34. The molecule has 0 radical (unpaired) electrons. The van der Waals surface area contributed by atoms with Crippen LogP contribution in [0.25, 0.3) is 0 Å². The molecule has 0 aromatic heterocycles. The maximum atomic E-state index is 13.5. The minimum Gasteiger partial charge on any atom is -0.480 e. The van der Waals surface area contributed by atoms with Crippen molar-refractivity contribution >= 4 is 15.8 Å². The number of alkyl halides is 9. The van der Waals surface area contributed by atoms with E-state index in [0.717, 1.165) is 7.11 Å². The molecule has 2 N–H and O–H groups in total. The number of aliphatic carboxylic acids is 1. The summed E-state index contributed by atoms with van der Waals surface area (Å²) in [5, 5.41) is 10.4. The van der Waals surface area contributed by atoms with Crippen LogP contribution < -0.4 is 5.32 Å². The van der Waals surface area contributed by atoms with E-state index in [-0.39, 0.29) is 6.61 Å². The number of carboxylic acid groups (broad SMARTS) is 1. The van der Waals surface area contributed by atoms with Crippen LogP contribution in [0.4, 0.5) is 39.5 Å². The zero-order valence-electron chi connectivity index (χ0n) is 15.3. The summed E-state index contributed by atoms with van der Waals surface area (Å²) >= 11 is 0. The molecule has 0 amide bonds. The maximum absolute atomic E-state index is 13.5. The fraction of sp³-hybridized carbons (Fsp3) is 0.923. The first-order valence-electron chi connectivity index (χ1n) is 7.71.